The summed E-state index contributed by atoms with van der Waals surface area (Å²) in [5.74, 6) is -0.379. The van der Waals surface area contributed by atoms with Crippen LogP contribution in [-0.2, 0) is 11.3 Å². The monoisotopic (exact) mass is 315 g/mol. The molecule has 0 spiro atoms. The minimum Gasteiger partial charge on any atom is -0.370 e. The number of rotatable bonds is 6. The zero-order valence-corrected chi connectivity index (χ0v) is 11.4. The van der Waals surface area contributed by atoms with Crippen molar-refractivity contribution >= 4 is 27.5 Å². The fraction of sp³-hybridized carbons (Fsp3) is 0.364. The summed E-state index contributed by atoms with van der Waals surface area (Å²) in [6.45, 7) is 2.27. The molecule has 0 aromatic heterocycles. The second-order valence-corrected chi connectivity index (χ2v) is 4.94. The van der Waals surface area contributed by atoms with Gasteiger partial charge in [-0.05, 0) is 18.6 Å². The molecule has 0 aliphatic heterocycles. The Bertz CT molecular complexity index is 465. The molecule has 0 bridgehead atoms. The highest BCUT2D eigenvalue weighted by molar-refractivity contribution is 9.10. The Balaban J connectivity index is 2.67. The van der Waals surface area contributed by atoms with Crippen molar-refractivity contribution in [2.45, 2.75) is 25.9 Å². The number of non-ortho nitro benzene ring substituents is 1. The van der Waals surface area contributed by atoms with Gasteiger partial charge in [0.25, 0.3) is 5.69 Å². The van der Waals surface area contributed by atoms with E-state index in [4.69, 9.17) is 5.73 Å². The molecule has 7 heteroatoms. The Hall–Kier alpha value is -1.47. The van der Waals surface area contributed by atoms with Crippen LogP contribution in [0.15, 0.2) is 22.7 Å². The van der Waals surface area contributed by atoms with E-state index in [1.54, 1.807) is 6.07 Å². The largest absolute Gasteiger partial charge is 0.370 e. The lowest BCUT2D eigenvalue weighted by Gasteiger charge is -2.11. The maximum atomic E-state index is 10.7. The minimum atomic E-state index is -0.443. The standard InChI is InChI=1S/C11H14BrN3O3/c1-7(2-11(13)16)14-6-8-3-9(12)5-10(4-8)15(17)18/h3-5,7,14H,2,6H2,1H3,(H2,13,16). The van der Waals surface area contributed by atoms with Crippen molar-refractivity contribution in [3.63, 3.8) is 0 Å². The van der Waals surface area contributed by atoms with Crippen LogP contribution in [0.2, 0.25) is 0 Å². The van der Waals surface area contributed by atoms with Crippen LogP contribution < -0.4 is 11.1 Å². The van der Waals surface area contributed by atoms with Gasteiger partial charge in [-0.3, -0.25) is 14.9 Å². The van der Waals surface area contributed by atoms with Gasteiger partial charge >= 0.3 is 0 Å². The molecule has 0 radical (unpaired) electrons. The van der Waals surface area contributed by atoms with Crippen molar-refractivity contribution in [1.29, 1.82) is 0 Å². The number of halogens is 1. The van der Waals surface area contributed by atoms with Gasteiger partial charge in [0.1, 0.15) is 0 Å². The van der Waals surface area contributed by atoms with E-state index < -0.39 is 4.92 Å². The smallest absolute Gasteiger partial charge is 0.270 e. The van der Waals surface area contributed by atoms with Gasteiger partial charge in [0.05, 0.1) is 4.92 Å². The van der Waals surface area contributed by atoms with Crippen molar-refractivity contribution in [3.05, 3.63) is 38.3 Å². The first kappa shape index (κ1) is 14.6. The summed E-state index contributed by atoms with van der Waals surface area (Å²) in [5.41, 5.74) is 5.88. The van der Waals surface area contributed by atoms with E-state index in [2.05, 4.69) is 21.2 Å². The lowest BCUT2D eigenvalue weighted by Crippen LogP contribution is -2.30. The van der Waals surface area contributed by atoms with Crippen molar-refractivity contribution in [2.24, 2.45) is 5.73 Å². The van der Waals surface area contributed by atoms with Crippen molar-refractivity contribution in [3.8, 4) is 0 Å². The molecular formula is C11H14BrN3O3. The van der Waals surface area contributed by atoms with E-state index in [0.29, 0.717) is 11.0 Å². The number of nitrogens with zero attached hydrogens (tertiary/aromatic N) is 1. The maximum absolute atomic E-state index is 10.7. The summed E-state index contributed by atoms with van der Waals surface area (Å²) in [5, 5.41) is 13.8. The van der Waals surface area contributed by atoms with Crippen LogP contribution in [-0.4, -0.2) is 16.9 Å². The predicted octanol–water partition coefficient (Wildman–Crippen LogP) is 1.71. The van der Waals surface area contributed by atoms with E-state index in [1.165, 1.54) is 12.1 Å². The van der Waals surface area contributed by atoms with E-state index in [-0.39, 0.29) is 24.1 Å². The summed E-state index contributed by atoms with van der Waals surface area (Å²) in [6.07, 6.45) is 0.232. The number of nitrogens with one attached hydrogen (secondary N) is 1. The van der Waals surface area contributed by atoms with E-state index in [0.717, 1.165) is 5.56 Å². The topological polar surface area (TPSA) is 98.3 Å². The summed E-state index contributed by atoms with van der Waals surface area (Å²) >= 11 is 3.22. The number of hydrogen-bond acceptors (Lipinski definition) is 4. The lowest BCUT2D eigenvalue weighted by atomic mass is 10.1. The quantitative estimate of drug-likeness (QED) is 0.616. The molecule has 1 unspecified atom stereocenters. The summed E-state index contributed by atoms with van der Waals surface area (Å²) in [7, 11) is 0. The predicted molar refractivity (Wildman–Crippen MR) is 70.9 cm³/mol. The highest BCUT2D eigenvalue weighted by Gasteiger charge is 2.10. The van der Waals surface area contributed by atoms with Gasteiger partial charge in [-0.25, -0.2) is 0 Å². The lowest BCUT2D eigenvalue weighted by molar-refractivity contribution is -0.385. The third-order valence-electron chi connectivity index (χ3n) is 2.32. The van der Waals surface area contributed by atoms with E-state index >= 15 is 0 Å². The van der Waals surface area contributed by atoms with Crippen molar-refractivity contribution in [1.82, 2.24) is 5.32 Å². The molecule has 0 saturated carbocycles. The second kappa shape index (κ2) is 6.46. The van der Waals surface area contributed by atoms with Crippen LogP contribution >= 0.6 is 15.9 Å². The number of nitro benzene ring substituents is 1. The first-order valence-electron chi connectivity index (χ1n) is 5.34. The summed E-state index contributed by atoms with van der Waals surface area (Å²) in [4.78, 5) is 21.0. The molecule has 1 rings (SSSR count). The van der Waals surface area contributed by atoms with Crippen LogP contribution in [0, 0.1) is 10.1 Å². The summed E-state index contributed by atoms with van der Waals surface area (Å²) in [6, 6.07) is 4.66. The molecule has 0 saturated heterocycles. The van der Waals surface area contributed by atoms with Crippen LogP contribution in [0.1, 0.15) is 18.9 Å². The van der Waals surface area contributed by atoms with Gasteiger partial charge < -0.3 is 11.1 Å². The number of nitro groups is 1. The normalized spacial score (nSPS) is 12.1. The molecule has 3 N–H and O–H groups in total. The fourth-order valence-electron chi connectivity index (χ4n) is 1.51. The van der Waals surface area contributed by atoms with E-state index in [1.807, 2.05) is 6.92 Å². The number of carbonyl (C=O) groups excluding carboxylic acids is 1. The number of amides is 1. The second-order valence-electron chi connectivity index (χ2n) is 4.03. The number of benzene rings is 1. The number of nitrogens with two attached hydrogens (primary N) is 1. The first-order valence-corrected chi connectivity index (χ1v) is 6.13. The Labute approximate surface area is 113 Å². The van der Waals surface area contributed by atoms with Gasteiger partial charge in [-0.1, -0.05) is 15.9 Å². The van der Waals surface area contributed by atoms with Gasteiger partial charge in [-0.15, -0.1) is 0 Å². The average molecular weight is 316 g/mol. The molecule has 1 aromatic rings. The first-order chi connectivity index (χ1) is 8.38. The SMILES string of the molecule is CC(CC(N)=O)NCc1cc(Br)cc([N+](=O)[O-])c1. The van der Waals surface area contributed by atoms with Crippen molar-refractivity contribution in [2.75, 3.05) is 0 Å². The highest BCUT2D eigenvalue weighted by atomic mass is 79.9. The Morgan fingerprint density at radius 3 is 2.78 bits per heavy atom. The zero-order valence-electron chi connectivity index (χ0n) is 9.85. The summed E-state index contributed by atoms with van der Waals surface area (Å²) < 4.78 is 0.649. The van der Waals surface area contributed by atoms with Gasteiger partial charge in [-0.2, -0.15) is 0 Å². The average Bonchev–Trinajstić information content (AvgIpc) is 2.24. The molecular weight excluding hydrogens is 302 g/mol. The highest BCUT2D eigenvalue weighted by Crippen LogP contribution is 2.21. The maximum Gasteiger partial charge on any atom is 0.270 e. The van der Waals surface area contributed by atoms with Gasteiger partial charge in [0.2, 0.25) is 5.91 Å². The molecule has 1 amide bonds. The zero-order chi connectivity index (χ0) is 13.7. The number of carbonyl (C=O) groups is 1. The fourth-order valence-corrected chi connectivity index (χ4v) is 2.04. The van der Waals surface area contributed by atoms with Crippen molar-refractivity contribution < 1.29 is 9.72 Å². The van der Waals surface area contributed by atoms with Crippen LogP contribution in [0.5, 0.6) is 0 Å². The van der Waals surface area contributed by atoms with Crippen LogP contribution in [0.3, 0.4) is 0 Å². The molecule has 6 nitrogen and oxygen atoms in total. The molecule has 0 aliphatic rings. The molecule has 0 heterocycles. The molecule has 1 atom stereocenters. The Kier molecular flexibility index (Phi) is 5.24. The molecule has 0 aliphatic carbocycles. The Morgan fingerprint density at radius 1 is 1.56 bits per heavy atom. The van der Waals surface area contributed by atoms with Gasteiger partial charge in [0.15, 0.2) is 0 Å². The molecule has 0 fully saturated rings. The van der Waals surface area contributed by atoms with Crippen LogP contribution in [0.4, 0.5) is 5.69 Å². The third-order valence-corrected chi connectivity index (χ3v) is 2.77. The van der Waals surface area contributed by atoms with Crippen LogP contribution in [0.25, 0.3) is 0 Å². The minimum absolute atomic E-state index is 0.0312. The van der Waals surface area contributed by atoms with E-state index in [9.17, 15) is 14.9 Å². The number of primary amides is 1. The van der Waals surface area contributed by atoms with Gasteiger partial charge in [0, 0.05) is 35.6 Å². The molecule has 1 aromatic carbocycles. The third kappa shape index (κ3) is 4.80. The number of hydrogen-bond donors (Lipinski definition) is 2. The molecule has 98 valence electrons. The Morgan fingerprint density at radius 2 is 2.22 bits per heavy atom. The molecule has 18 heavy (non-hydrogen) atoms.